The Bertz CT molecular complexity index is 536. The van der Waals surface area contributed by atoms with Gasteiger partial charge in [-0.05, 0) is 11.6 Å². The molecule has 1 amide bonds. The fourth-order valence-electron chi connectivity index (χ4n) is 1.49. The molecule has 0 atom stereocenters. The number of benzene rings is 1. The number of rotatable bonds is 3. The summed E-state index contributed by atoms with van der Waals surface area (Å²) in [7, 11) is 0. The Morgan fingerprint density at radius 3 is 3.00 bits per heavy atom. The average Bonchev–Trinajstić information content (AvgIpc) is 2.74. The van der Waals surface area contributed by atoms with E-state index in [9.17, 15) is 4.79 Å². The molecule has 17 heavy (non-hydrogen) atoms. The predicted octanol–water partition coefficient (Wildman–Crippen LogP) is 2.03. The van der Waals surface area contributed by atoms with Gasteiger partial charge in [0, 0.05) is 24.4 Å². The van der Waals surface area contributed by atoms with Gasteiger partial charge in [-0.1, -0.05) is 18.2 Å². The number of nitrogen functional groups attached to an aromatic ring is 1. The molecule has 1 aromatic heterocycles. The molecule has 88 valence electrons. The first-order valence-electron chi connectivity index (χ1n) is 5.20. The van der Waals surface area contributed by atoms with E-state index in [0.29, 0.717) is 11.7 Å². The minimum atomic E-state index is -0.0340. The van der Waals surface area contributed by atoms with Crippen molar-refractivity contribution in [2.75, 3.05) is 5.73 Å². The molecule has 0 saturated carbocycles. The van der Waals surface area contributed by atoms with Crippen LogP contribution in [0.15, 0.2) is 29.6 Å². The van der Waals surface area contributed by atoms with Gasteiger partial charge in [-0.2, -0.15) is 0 Å². The van der Waals surface area contributed by atoms with Crippen LogP contribution in [0.4, 0.5) is 5.13 Å². The van der Waals surface area contributed by atoms with Crippen molar-refractivity contribution in [3.63, 3.8) is 0 Å². The second kappa shape index (κ2) is 4.97. The summed E-state index contributed by atoms with van der Waals surface area (Å²) in [6.45, 7) is 2.04. The fraction of sp³-hybridized carbons (Fsp3) is 0.167. The molecule has 2 aromatic rings. The first kappa shape index (κ1) is 11.6. The van der Waals surface area contributed by atoms with E-state index in [-0.39, 0.29) is 5.91 Å². The molecular weight excluding hydrogens is 234 g/mol. The quantitative estimate of drug-likeness (QED) is 0.872. The van der Waals surface area contributed by atoms with E-state index in [4.69, 9.17) is 5.73 Å². The van der Waals surface area contributed by atoms with Crippen LogP contribution in [-0.4, -0.2) is 10.9 Å². The molecule has 1 aromatic carbocycles. The summed E-state index contributed by atoms with van der Waals surface area (Å²) in [5.41, 5.74) is 8.54. The Labute approximate surface area is 103 Å². The Balaban J connectivity index is 2.19. The SMILES string of the molecule is CC(=O)NCc1cccc(-c2csc(N)n2)c1. The maximum Gasteiger partial charge on any atom is 0.217 e. The molecule has 1 heterocycles. The van der Waals surface area contributed by atoms with E-state index in [1.54, 1.807) is 0 Å². The molecule has 3 N–H and O–H groups in total. The van der Waals surface area contributed by atoms with Crippen LogP contribution in [0.1, 0.15) is 12.5 Å². The van der Waals surface area contributed by atoms with E-state index < -0.39 is 0 Å². The van der Waals surface area contributed by atoms with Crippen molar-refractivity contribution in [1.82, 2.24) is 10.3 Å². The number of nitrogens with zero attached hydrogens (tertiary/aromatic N) is 1. The van der Waals surface area contributed by atoms with Crippen molar-refractivity contribution in [3.8, 4) is 11.3 Å². The van der Waals surface area contributed by atoms with Crippen molar-refractivity contribution < 1.29 is 4.79 Å². The van der Waals surface area contributed by atoms with Gasteiger partial charge in [0.05, 0.1) is 5.69 Å². The topological polar surface area (TPSA) is 68.0 Å². The summed E-state index contributed by atoms with van der Waals surface area (Å²) in [6.07, 6.45) is 0. The standard InChI is InChI=1S/C12H13N3OS/c1-8(16)14-6-9-3-2-4-10(5-9)11-7-17-12(13)15-11/h2-5,7H,6H2,1H3,(H2,13,15)(H,14,16). The van der Waals surface area contributed by atoms with Gasteiger partial charge in [0.15, 0.2) is 5.13 Å². The van der Waals surface area contributed by atoms with Crippen molar-refractivity contribution in [3.05, 3.63) is 35.2 Å². The monoisotopic (exact) mass is 247 g/mol. The highest BCUT2D eigenvalue weighted by Crippen LogP contribution is 2.23. The summed E-state index contributed by atoms with van der Waals surface area (Å²) < 4.78 is 0. The highest BCUT2D eigenvalue weighted by atomic mass is 32.1. The summed E-state index contributed by atoms with van der Waals surface area (Å²) in [6, 6.07) is 7.90. The number of anilines is 1. The number of carbonyl (C=O) groups is 1. The molecule has 4 nitrogen and oxygen atoms in total. The average molecular weight is 247 g/mol. The number of thiazole rings is 1. The number of aromatic nitrogens is 1. The van der Waals surface area contributed by atoms with Gasteiger partial charge < -0.3 is 11.1 Å². The normalized spacial score (nSPS) is 10.2. The summed E-state index contributed by atoms with van der Waals surface area (Å²) >= 11 is 1.42. The first-order chi connectivity index (χ1) is 8.15. The third-order valence-corrected chi connectivity index (χ3v) is 2.96. The zero-order chi connectivity index (χ0) is 12.3. The maximum atomic E-state index is 10.8. The molecule has 0 fully saturated rings. The third-order valence-electron chi connectivity index (χ3n) is 2.29. The number of nitrogens with one attached hydrogen (secondary N) is 1. The molecule has 0 aliphatic heterocycles. The molecule has 0 aliphatic carbocycles. The van der Waals surface area contributed by atoms with Crippen LogP contribution in [0, 0.1) is 0 Å². The van der Waals surface area contributed by atoms with Crippen LogP contribution in [0.3, 0.4) is 0 Å². The Morgan fingerprint density at radius 1 is 1.53 bits per heavy atom. The van der Waals surface area contributed by atoms with Crippen molar-refractivity contribution >= 4 is 22.4 Å². The fourth-order valence-corrected chi connectivity index (χ4v) is 2.06. The van der Waals surface area contributed by atoms with Crippen LogP contribution >= 0.6 is 11.3 Å². The Morgan fingerprint density at radius 2 is 2.35 bits per heavy atom. The van der Waals surface area contributed by atoms with E-state index in [1.165, 1.54) is 18.3 Å². The molecule has 2 rings (SSSR count). The third kappa shape index (κ3) is 3.04. The van der Waals surface area contributed by atoms with Crippen LogP contribution in [0.5, 0.6) is 0 Å². The van der Waals surface area contributed by atoms with Crippen molar-refractivity contribution in [2.45, 2.75) is 13.5 Å². The first-order valence-corrected chi connectivity index (χ1v) is 6.08. The van der Waals surface area contributed by atoms with Gasteiger partial charge in [0.1, 0.15) is 0 Å². The van der Waals surface area contributed by atoms with Crippen LogP contribution in [0.25, 0.3) is 11.3 Å². The lowest BCUT2D eigenvalue weighted by Gasteiger charge is -2.04. The van der Waals surface area contributed by atoms with E-state index in [0.717, 1.165) is 16.8 Å². The minimum Gasteiger partial charge on any atom is -0.375 e. The minimum absolute atomic E-state index is 0.0340. The van der Waals surface area contributed by atoms with Gasteiger partial charge in [0.2, 0.25) is 5.91 Å². The predicted molar refractivity (Wildman–Crippen MR) is 69.5 cm³/mol. The van der Waals surface area contributed by atoms with Gasteiger partial charge >= 0.3 is 0 Å². The van der Waals surface area contributed by atoms with Gasteiger partial charge in [0.25, 0.3) is 0 Å². The molecule has 0 aliphatic rings. The number of hydrogen-bond acceptors (Lipinski definition) is 4. The van der Waals surface area contributed by atoms with Crippen LogP contribution in [0.2, 0.25) is 0 Å². The molecule has 0 unspecified atom stereocenters. The van der Waals surface area contributed by atoms with Crippen molar-refractivity contribution in [1.29, 1.82) is 0 Å². The highest BCUT2D eigenvalue weighted by molar-refractivity contribution is 7.13. The second-order valence-corrected chi connectivity index (χ2v) is 4.57. The molecule has 0 saturated heterocycles. The molecule has 5 heteroatoms. The number of hydrogen-bond donors (Lipinski definition) is 2. The lowest BCUT2D eigenvalue weighted by Crippen LogP contribution is -2.18. The van der Waals surface area contributed by atoms with E-state index in [1.807, 2.05) is 29.6 Å². The van der Waals surface area contributed by atoms with Crippen molar-refractivity contribution in [2.24, 2.45) is 0 Å². The second-order valence-electron chi connectivity index (χ2n) is 3.68. The molecule has 0 spiro atoms. The van der Waals surface area contributed by atoms with Crippen LogP contribution < -0.4 is 11.1 Å². The maximum absolute atomic E-state index is 10.8. The van der Waals surface area contributed by atoms with Gasteiger partial charge in [-0.3, -0.25) is 4.79 Å². The lowest BCUT2D eigenvalue weighted by molar-refractivity contribution is -0.119. The molecule has 0 bridgehead atoms. The number of nitrogens with two attached hydrogens (primary N) is 1. The smallest absolute Gasteiger partial charge is 0.217 e. The lowest BCUT2D eigenvalue weighted by atomic mass is 10.1. The van der Waals surface area contributed by atoms with E-state index >= 15 is 0 Å². The Kier molecular flexibility index (Phi) is 3.39. The van der Waals surface area contributed by atoms with Gasteiger partial charge in [-0.15, -0.1) is 11.3 Å². The zero-order valence-electron chi connectivity index (χ0n) is 9.43. The molecule has 0 radical (unpaired) electrons. The summed E-state index contributed by atoms with van der Waals surface area (Å²) in [4.78, 5) is 15.1. The van der Waals surface area contributed by atoms with E-state index in [2.05, 4.69) is 10.3 Å². The number of carbonyl (C=O) groups excluding carboxylic acids is 1. The Hall–Kier alpha value is -1.88. The number of amides is 1. The summed E-state index contributed by atoms with van der Waals surface area (Å²) in [5.74, 6) is -0.0340. The summed E-state index contributed by atoms with van der Waals surface area (Å²) in [5, 5.41) is 5.25. The van der Waals surface area contributed by atoms with Crippen LogP contribution in [-0.2, 0) is 11.3 Å². The molecular formula is C12H13N3OS. The van der Waals surface area contributed by atoms with Gasteiger partial charge in [-0.25, -0.2) is 4.98 Å². The highest BCUT2D eigenvalue weighted by Gasteiger charge is 2.03. The zero-order valence-corrected chi connectivity index (χ0v) is 10.3. The largest absolute Gasteiger partial charge is 0.375 e.